The number of nitrogens with zero attached hydrogens (tertiary/aromatic N) is 1. The van der Waals surface area contributed by atoms with Crippen LogP contribution in [-0.4, -0.2) is 26.0 Å². The molecule has 1 amide bonds. The van der Waals surface area contributed by atoms with Gasteiger partial charge in [0.15, 0.2) is 5.13 Å². The number of benzene rings is 1. The van der Waals surface area contributed by atoms with E-state index in [4.69, 9.17) is 16.3 Å². The number of anilines is 1. The van der Waals surface area contributed by atoms with E-state index in [0.717, 1.165) is 11.3 Å². The Morgan fingerprint density at radius 1 is 1.31 bits per heavy atom. The molecule has 1 unspecified atom stereocenters. The second kappa shape index (κ2) is 9.18. The van der Waals surface area contributed by atoms with E-state index in [2.05, 4.69) is 15.0 Å². The molecule has 160 valence electrons. The summed E-state index contributed by atoms with van der Waals surface area (Å²) in [6, 6.07) is 3.57. The molecule has 0 spiro atoms. The lowest BCUT2D eigenvalue weighted by atomic mass is 10.1. The van der Waals surface area contributed by atoms with Gasteiger partial charge in [0.1, 0.15) is 22.2 Å². The number of hydrogen-bond acceptors (Lipinski definition) is 6. The van der Waals surface area contributed by atoms with Crippen LogP contribution in [0.2, 0.25) is 5.02 Å². The van der Waals surface area contributed by atoms with E-state index < -0.39 is 39.7 Å². The number of hydrogen-bond donors (Lipinski definition) is 2. The number of aromatic nitrogens is 1. The third-order valence-corrected chi connectivity index (χ3v) is 6.25. The molecule has 6 nitrogen and oxygen atoms in total. The Morgan fingerprint density at radius 2 is 1.97 bits per heavy atom. The van der Waals surface area contributed by atoms with Gasteiger partial charge in [-0.1, -0.05) is 29.0 Å². The highest BCUT2D eigenvalue weighted by molar-refractivity contribution is 7.90. The van der Waals surface area contributed by atoms with Crippen molar-refractivity contribution in [2.24, 2.45) is 0 Å². The number of carbonyl (C=O) groups excluding carboxylic acids is 1. The van der Waals surface area contributed by atoms with Crippen LogP contribution >= 0.6 is 22.9 Å². The highest BCUT2D eigenvalue weighted by Crippen LogP contribution is 2.33. The molecule has 0 aliphatic rings. The topological polar surface area (TPSA) is 86.3 Å². The van der Waals surface area contributed by atoms with Crippen molar-refractivity contribution >= 4 is 45.5 Å². The molecule has 2 atom stereocenters. The SMILES string of the molecule is CC(C)(C)OC(=O)Nc1ncc(C(N[S@+]([O-])C(C)(C)C)c2ccc(Cl)cc2F)s1. The van der Waals surface area contributed by atoms with Gasteiger partial charge < -0.3 is 9.29 Å². The Bertz CT molecular complexity index is 865. The van der Waals surface area contributed by atoms with Gasteiger partial charge in [0.25, 0.3) is 0 Å². The van der Waals surface area contributed by atoms with E-state index in [1.807, 2.05) is 20.8 Å². The predicted molar refractivity (Wildman–Crippen MR) is 116 cm³/mol. The van der Waals surface area contributed by atoms with Crippen LogP contribution < -0.4 is 10.0 Å². The van der Waals surface area contributed by atoms with Gasteiger partial charge in [-0.3, -0.25) is 5.32 Å². The summed E-state index contributed by atoms with van der Waals surface area (Å²) in [6.45, 7) is 10.7. The molecule has 29 heavy (non-hydrogen) atoms. The van der Waals surface area contributed by atoms with Gasteiger partial charge in [0, 0.05) is 28.1 Å². The summed E-state index contributed by atoms with van der Waals surface area (Å²) in [6.07, 6.45) is 0.863. The molecule has 1 aromatic heterocycles. The molecule has 1 aromatic carbocycles. The monoisotopic (exact) mass is 461 g/mol. The predicted octanol–water partition coefficient (Wildman–Crippen LogP) is 5.42. The molecule has 0 radical (unpaired) electrons. The number of ether oxygens (including phenoxy) is 1. The van der Waals surface area contributed by atoms with Crippen LogP contribution in [0.25, 0.3) is 0 Å². The molecule has 0 fully saturated rings. The Labute approximate surface area is 182 Å². The number of thiazole rings is 1. The van der Waals surface area contributed by atoms with Gasteiger partial charge in [0.05, 0.1) is 4.88 Å². The van der Waals surface area contributed by atoms with Crippen molar-refractivity contribution in [2.45, 2.75) is 57.9 Å². The first kappa shape index (κ1) is 23.9. The minimum atomic E-state index is -1.48. The number of carbonyl (C=O) groups is 1. The fourth-order valence-corrected chi connectivity index (χ4v) is 4.09. The van der Waals surface area contributed by atoms with Crippen molar-refractivity contribution in [3.8, 4) is 0 Å². The maximum atomic E-state index is 14.6. The van der Waals surface area contributed by atoms with Crippen molar-refractivity contribution in [1.29, 1.82) is 0 Å². The molecule has 0 aliphatic heterocycles. The maximum absolute atomic E-state index is 14.6. The zero-order valence-electron chi connectivity index (χ0n) is 17.1. The molecule has 1 heterocycles. The summed E-state index contributed by atoms with van der Waals surface area (Å²) in [5.41, 5.74) is -0.371. The molecule has 0 saturated carbocycles. The lowest BCUT2D eigenvalue weighted by Crippen LogP contribution is -2.41. The molecule has 0 aliphatic carbocycles. The number of amides is 1. The molecule has 2 N–H and O–H groups in total. The van der Waals surface area contributed by atoms with Crippen molar-refractivity contribution in [3.05, 3.63) is 45.7 Å². The maximum Gasteiger partial charge on any atom is 0.413 e. The standard InChI is InChI=1S/C19H25ClFN3O3S2/c1-18(2,3)27-17(25)23-16-22-10-14(28-16)15(24-29(26)19(4,5)6)12-8-7-11(20)9-13(12)21/h7-10,15,24H,1-6H3,(H,22,23,25)/t15?,29-/m1/s1. The fourth-order valence-electron chi connectivity index (χ4n) is 2.16. The van der Waals surface area contributed by atoms with Crippen LogP contribution in [-0.2, 0) is 16.1 Å². The van der Waals surface area contributed by atoms with E-state index in [0.29, 0.717) is 4.88 Å². The summed E-state index contributed by atoms with van der Waals surface area (Å²) in [4.78, 5) is 16.7. The smallest absolute Gasteiger partial charge is 0.413 e. The quantitative estimate of drug-likeness (QED) is 0.580. The minimum Gasteiger partial charge on any atom is -0.598 e. The van der Waals surface area contributed by atoms with E-state index in [1.54, 1.807) is 26.8 Å². The van der Waals surface area contributed by atoms with E-state index in [9.17, 15) is 13.7 Å². The molecular formula is C19H25ClFN3O3S2. The summed E-state index contributed by atoms with van der Waals surface area (Å²) in [5.74, 6) is -0.532. The van der Waals surface area contributed by atoms with Gasteiger partial charge >= 0.3 is 6.09 Å². The Balaban J connectivity index is 2.32. The molecular weight excluding hydrogens is 437 g/mol. The number of rotatable bonds is 5. The van der Waals surface area contributed by atoms with Crippen molar-refractivity contribution in [3.63, 3.8) is 0 Å². The van der Waals surface area contributed by atoms with Gasteiger partial charge in [-0.15, -0.1) is 4.72 Å². The van der Waals surface area contributed by atoms with E-state index in [-0.39, 0.29) is 15.7 Å². The van der Waals surface area contributed by atoms with Crippen molar-refractivity contribution < 1.29 is 18.5 Å². The van der Waals surface area contributed by atoms with E-state index in [1.165, 1.54) is 18.3 Å². The number of halogens is 2. The molecule has 10 heteroatoms. The average Bonchev–Trinajstić information content (AvgIpc) is 2.98. The minimum absolute atomic E-state index is 0.263. The van der Waals surface area contributed by atoms with Crippen LogP contribution in [0.3, 0.4) is 0 Å². The third-order valence-electron chi connectivity index (χ3n) is 3.47. The van der Waals surface area contributed by atoms with Crippen LogP contribution in [0, 0.1) is 5.82 Å². The lowest BCUT2D eigenvalue weighted by molar-refractivity contribution is 0.0636. The summed E-state index contributed by atoms with van der Waals surface area (Å²) >= 11 is 5.52. The summed E-state index contributed by atoms with van der Waals surface area (Å²) in [5, 5.41) is 3.11. The Morgan fingerprint density at radius 3 is 2.52 bits per heavy atom. The first-order valence-electron chi connectivity index (χ1n) is 8.85. The van der Waals surface area contributed by atoms with Crippen molar-refractivity contribution in [1.82, 2.24) is 9.71 Å². The third kappa shape index (κ3) is 7.11. The van der Waals surface area contributed by atoms with Crippen LogP contribution in [0.5, 0.6) is 0 Å². The first-order chi connectivity index (χ1) is 13.3. The van der Waals surface area contributed by atoms with Gasteiger partial charge in [-0.2, -0.15) is 0 Å². The normalized spacial score (nSPS) is 14.4. The van der Waals surface area contributed by atoms with Crippen LogP contribution in [0.4, 0.5) is 14.3 Å². The second-order valence-electron chi connectivity index (χ2n) is 8.29. The molecule has 2 rings (SSSR count). The first-order valence-corrected chi connectivity index (χ1v) is 11.2. The van der Waals surface area contributed by atoms with E-state index >= 15 is 0 Å². The Hall–Kier alpha value is -1.39. The zero-order valence-corrected chi connectivity index (χ0v) is 19.5. The average molecular weight is 462 g/mol. The van der Waals surface area contributed by atoms with Crippen molar-refractivity contribution in [2.75, 3.05) is 5.32 Å². The van der Waals surface area contributed by atoms with Crippen LogP contribution in [0.1, 0.15) is 58.0 Å². The fraction of sp³-hybridized carbons (Fsp3) is 0.474. The lowest BCUT2D eigenvalue weighted by Gasteiger charge is -2.27. The van der Waals surface area contributed by atoms with Crippen LogP contribution in [0.15, 0.2) is 24.4 Å². The number of nitrogens with one attached hydrogen (secondary N) is 2. The highest BCUT2D eigenvalue weighted by atomic mass is 35.5. The Kier molecular flexibility index (Phi) is 7.56. The molecule has 2 aromatic rings. The summed E-state index contributed by atoms with van der Waals surface area (Å²) in [7, 11) is 0. The largest absolute Gasteiger partial charge is 0.598 e. The molecule has 0 bridgehead atoms. The highest BCUT2D eigenvalue weighted by Gasteiger charge is 2.33. The van der Waals surface area contributed by atoms with Gasteiger partial charge in [-0.25, -0.2) is 14.2 Å². The second-order valence-corrected chi connectivity index (χ2v) is 11.8. The summed E-state index contributed by atoms with van der Waals surface area (Å²) < 4.78 is 34.9. The zero-order chi connectivity index (χ0) is 22.0. The van der Waals surface area contributed by atoms with Gasteiger partial charge in [-0.05, 0) is 53.7 Å². The van der Waals surface area contributed by atoms with Gasteiger partial charge in [0.2, 0.25) is 0 Å². The molecule has 0 saturated heterocycles.